The number of hydrogen-bond donors (Lipinski definition) is 2. The molecule has 1 amide bonds. The lowest BCUT2D eigenvalue weighted by atomic mass is 9.96. The number of alkyl halides is 1. The number of benzene rings is 1. The second-order valence-electron chi connectivity index (χ2n) is 7.16. The topological polar surface area (TPSA) is 65.5 Å². The average molecular weight is 479 g/mol. The summed E-state index contributed by atoms with van der Waals surface area (Å²) in [4.78, 5) is 16.7. The zero-order chi connectivity index (χ0) is 24.1. The summed E-state index contributed by atoms with van der Waals surface area (Å²) in [5.74, 6) is -4.40. The number of halogens is 4. The number of amides is 1. The van der Waals surface area contributed by atoms with Crippen molar-refractivity contribution < 1.29 is 27.5 Å². The molecule has 174 valence electrons. The molecule has 1 heterocycles. The van der Waals surface area contributed by atoms with Gasteiger partial charge in [-0.05, 0) is 18.1 Å². The molecule has 1 atom stereocenters. The van der Waals surface area contributed by atoms with Crippen LogP contribution in [-0.4, -0.2) is 40.3 Å². The van der Waals surface area contributed by atoms with Crippen LogP contribution in [0.4, 0.5) is 27.5 Å². The van der Waals surface area contributed by atoms with Crippen LogP contribution in [0.3, 0.4) is 0 Å². The Morgan fingerprint density at radius 2 is 1.94 bits per heavy atom. The first-order chi connectivity index (χ1) is 15.7. The van der Waals surface area contributed by atoms with E-state index in [2.05, 4.69) is 16.9 Å². The molecule has 5 nitrogen and oxygen atoms in total. The number of anilines is 1. The van der Waals surface area contributed by atoms with Crippen molar-refractivity contribution in [3.63, 3.8) is 0 Å². The summed E-state index contributed by atoms with van der Waals surface area (Å²) in [5.41, 5.74) is -0.410. The van der Waals surface area contributed by atoms with Crippen LogP contribution >= 0.6 is 11.3 Å². The third kappa shape index (κ3) is 5.51. The number of carboxylic acid groups (broad SMARTS) is 1. The van der Waals surface area contributed by atoms with E-state index in [-0.39, 0.29) is 28.5 Å². The number of allylic oxidation sites excluding steroid dienone is 6. The maximum Gasteiger partial charge on any atom is 0.407 e. The maximum absolute atomic E-state index is 15.0. The Balaban J connectivity index is 1.99. The van der Waals surface area contributed by atoms with Crippen LogP contribution in [0.25, 0.3) is 11.1 Å². The molecule has 0 saturated heterocycles. The van der Waals surface area contributed by atoms with E-state index < -0.39 is 35.3 Å². The molecule has 0 aliphatic heterocycles. The normalized spacial score (nSPS) is 16.4. The van der Waals surface area contributed by atoms with Crippen molar-refractivity contribution in [3.8, 4) is 0 Å². The van der Waals surface area contributed by atoms with Crippen LogP contribution < -0.4 is 5.32 Å². The largest absolute Gasteiger partial charge is 0.465 e. The van der Waals surface area contributed by atoms with Gasteiger partial charge in [-0.25, -0.2) is 27.3 Å². The van der Waals surface area contributed by atoms with Crippen molar-refractivity contribution in [2.75, 3.05) is 18.4 Å². The molecular formula is C23H21F4N3O2S. The second-order valence-corrected chi connectivity index (χ2v) is 8.02. The van der Waals surface area contributed by atoms with Gasteiger partial charge in [-0.15, -0.1) is 11.3 Å². The highest BCUT2D eigenvalue weighted by molar-refractivity contribution is 7.13. The SMILES string of the molecule is C=C(CN(CCC)C(=O)O)Nc1nc(C2=C(c3ccccc3)C(F)=CC(F)C(F)=C2F)cs1. The van der Waals surface area contributed by atoms with Gasteiger partial charge in [-0.3, -0.25) is 0 Å². The molecule has 10 heteroatoms. The molecule has 1 unspecified atom stereocenters. The van der Waals surface area contributed by atoms with Gasteiger partial charge in [0.05, 0.1) is 17.8 Å². The number of nitrogens with zero attached hydrogens (tertiary/aromatic N) is 2. The Morgan fingerprint density at radius 1 is 1.24 bits per heavy atom. The molecule has 1 aliphatic rings. The smallest absolute Gasteiger partial charge is 0.407 e. The molecule has 33 heavy (non-hydrogen) atoms. The van der Waals surface area contributed by atoms with Crippen LogP contribution in [0.1, 0.15) is 24.6 Å². The molecule has 0 fully saturated rings. The van der Waals surface area contributed by atoms with Gasteiger partial charge in [0.25, 0.3) is 0 Å². The highest BCUT2D eigenvalue weighted by atomic mass is 32.1. The minimum Gasteiger partial charge on any atom is -0.465 e. The lowest BCUT2D eigenvalue weighted by Crippen LogP contribution is -2.33. The van der Waals surface area contributed by atoms with E-state index in [1.807, 2.05) is 6.92 Å². The van der Waals surface area contributed by atoms with Gasteiger partial charge in [-0.1, -0.05) is 43.8 Å². The summed E-state index contributed by atoms with van der Waals surface area (Å²) in [6, 6.07) is 7.83. The van der Waals surface area contributed by atoms with E-state index in [9.17, 15) is 23.1 Å². The quantitative estimate of drug-likeness (QED) is 0.412. The van der Waals surface area contributed by atoms with Crippen molar-refractivity contribution in [3.05, 3.63) is 82.8 Å². The zero-order valence-electron chi connectivity index (χ0n) is 17.6. The molecule has 2 N–H and O–H groups in total. The van der Waals surface area contributed by atoms with Crippen LogP contribution in [0.15, 0.2) is 71.5 Å². The van der Waals surface area contributed by atoms with E-state index in [1.165, 1.54) is 17.5 Å². The zero-order valence-corrected chi connectivity index (χ0v) is 18.4. The molecule has 0 spiro atoms. The minimum atomic E-state index is -2.57. The Bertz CT molecular complexity index is 1140. The molecular weight excluding hydrogens is 458 g/mol. The Labute approximate surface area is 192 Å². The fraction of sp³-hybridized carbons (Fsp3) is 0.217. The van der Waals surface area contributed by atoms with Gasteiger partial charge < -0.3 is 15.3 Å². The summed E-state index contributed by atoms with van der Waals surface area (Å²) in [6.07, 6.45) is -2.69. The van der Waals surface area contributed by atoms with Crippen molar-refractivity contribution in [1.29, 1.82) is 0 Å². The highest BCUT2D eigenvalue weighted by Gasteiger charge is 2.31. The van der Waals surface area contributed by atoms with Crippen LogP contribution in [0.5, 0.6) is 0 Å². The van der Waals surface area contributed by atoms with Crippen molar-refractivity contribution >= 4 is 33.7 Å². The Morgan fingerprint density at radius 3 is 2.58 bits per heavy atom. The van der Waals surface area contributed by atoms with E-state index in [4.69, 9.17) is 0 Å². The molecule has 1 aromatic heterocycles. The summed E-state index contributed by atoms with van der Waals surface area (Å²) >= 11 is 0.999. The summed E-state index contributed by atoms with van der Waals surface area (Å²) < 4.78 is 58.3. The number of aromatic nitrogens is 1. The third-order valence-electron chi connectivity index (χ3n) is 4.71. The number of hydrogen-bond acceptors (Lipinski definition) is 4. The van der Waals surface area contributed by atoms with E-state index >= 15 is 4.39 Å². The van der Waals surface area contributed by atoms with Gasteiger partial charge in [0.2, 0.25) is 0 Å². The molecule has 0 bridgehead atoms. The third-order valence-corrected chi connectivity index (χ3v) is 5.46. The first-order valence-electron chi connectivity index (χ1n) is 9.98. The lowest BCUT2D eigenvalue weighted by Gasteiger charge is -2.19. The van der Waals surface area contributed by atoms with Gasteiger partial charge in [0, 0.05) is 23.2 Å². The van der Waals surface area contributed by atoms with Crippen molar-refractivity contribution in [2.24, 2.45) is 0 Å². The predicted octanol–water partition coefficient (Wildman–Crippen LogP) is 6.73. The van der Waals surface area contributed by atoms with Gasteiger partial charge >= 0.3 is 6.09 Å². The van der Waals surface area contributed by atoms with E-state index in [1.54, 1.807) is 18.2 Å². The van der Waals surface area contributed by atoms with Crippen LogP contribution in [0.2, 0.25) is 0 Å². The summed E-state index contributed by atoms with van der Waals surface area (Å²) in [5, 5.41) is 13.6. The van der Waals surface area contributed by atoms with Crippen LogP contribution in [-0.2, 0) is 0 Å². The van der Waals surface area contributed by atoms with Crippen molar-refractivity contribution in [1.82, 2.24) is 9.88 Å². The number of thiazole rings is 1. The van der Waals surface area contributed by atoms with Gasteiger partial charge in [0.1, 0.15) is 5.83 Å². The highest BCUT2D eigenvalue weighted by Crippen LogP contribution is 2.43. The molecule has 2 aromatic rings. The lowest BCUT2D eigenvalue weighted by molar-refractivity contribution is 0.149. The summed E-state index contributed by atoms with van der Waals surface area (Å²) in [7, 11) is 0. The van der Waals surface area contributed by atoms with E-state index in [0.29, 0.717) is 24.7 Å². The molecule has 1 aliphatic carbocycles. The number of nitrogens with one attached hydrogen (secondary N) is 1. The van der Waals surface area contributed by atoms with Crippen molar-refractivity contribution in [2.45, 2.75) is 19.5 Å². The monoisotopic (exact) mass is 479 g/mol. The minimum absolute atomic E-state index is 0.0140. The number of carbonyl (C=O) groups is 1. The predicted molar refractivity (Wildman–Crippen MR) is 121 cm³/mol. The van der Waals surface area contributed by atoms with Gasteiger partial charge in [-0.2, -0.15) is 0 Å². The maximum atomic E-state index is 15.0. The molecule has 0 saturated carbocycles. The fourth-order valence-electron chi connectivity index (χ4n) is 3.26. The molecule has 3 rings (SSSR count). The van der Waals surface area contributed by atoms with E-state index in [0.717, 1.165) is 16.2 Å². The number of rotatable bonds is 8. The van der Waals surface area contributed by atoms with Gasteiger partial charge in [0.15, 0.2) is 23.0 Å². The first kappa shape index (κ1) is 24.2. The molecule has 0 radical (unpaired) electrons. The Kier molecular flexibility index (Phi) is 7.70. The fourth-order valence-corrected chi connectivity index (χ4v) is 4.01. The standard InChI is InChI=1S/C23H21F4N3O2S/c1-3-9-30(23(31)32)11-13(2)28-22-29-17(12-33-22)19-18(14-7-5-4-6-8-14)15(24)10-16(25)20(26)21(19)27/h4-8,10,12,16H,2-3,9,11H2,1H3,(H,28,29)(H,31,32). The van der Waals surface area contributed by atoms with Crippen LogP contribution in [0, 0.1) is 0 Å². The average Bonchev–Trinajstić information content (AvgIpc) is 3.21. The first-order valence-corrected chi connectivity index (χ1v) is 10.9. The molecule has 1 aromatic carbocycles. The Hall–Kier alpha value is -3.40. The second kappa shape index (κ2) is 10.5. The summed E-state index contributed by atoms with van der Waals surface area (Å²) in [6.45, 7) is 5.90.